The topological polar surface area (TPSA) is 46.2 Å². The molecule has 0 saturated carbocycles. The van der Waals surface area contributed by atoms with Crippen molar-refractivity contribution in [2.45, 2.75) is 26.7 Å². The van der Waals surface area contributed by atoms with Gasteiger partial charge in [0.15, 0.2) is 0 Å². The van der Waals surface area contributed by atoms with E-state index < -0.39 is 7.14 Å². The van der Waals surface area contributed by atoms with Gasteiger partial charge in [0.05, 0.1) is 6.29 Å². The van der Waals surface area contributed by atoms with Crippen LogP contribution in [-0.2, 0) is 4.57 Å². The maximum atomic E-state index is 12.4. The second-order valence-corrected chi connectivity index (χ2v) is 8.68. The summed E-state index contributed by atoms with van der Waals surface area (Å²) in [6.45, 7) is 6.04. The summed E-state index contributed by atoms with van der Waals surface area (Å²) >= 11 is 0. The van der Waals surface area contributed by atoms with Crippen molar-refractivity contribution in [3.8, 4) is 0 Å². The zero-order valence-electron chi connectivity index (χ0n) is 12.1. The standard InChI is InChI=1S/C15H24NO2P/c1-4-8-13(2)11-19(3,18)12-16-15(17)14-9-6-5-7-10-14/h5-7,9-10,13H,4,8,11-12H2,1-3H3,(H,16,17). The molecule has 0 saturated heterocycles. The normalized spacial score (nSPS) is 15.5. The maximum Gasteiger partial charge on any atom is 0.251 e. The summed E-state index contributed by atoms with van der Waals surface area (Å²) in [6.07, 6.45) is 3.19. The van der Waals surface area contributed by atoms with Gasteiger partial charge in [0.25, 0.3) is 5.91 Å². The lowest BCUT2D eigenvalue weighted by molar-refractivity contribution is 0.0959. The molecule has 1 amide bonds. The van der Waals surface area contributed by atoms with E-state index in [0.717, 1.165) is 12.8 Å². The minimum atomic E-state index is -2.28. The minimum absolute atomic E-state index is 0.147. The van der Waals surface area contributed by atoms with Crippen molar-refractivity contribution in [3.63, 3.8) is 0 Å². The molecule has 0 bridgehead atoms. The van der Waals surface area contributed by atoms with Crippen LogP contribution in [0.1, 0.15) is 37.0 Å². The van der Waals surface area contributed by atoms with Crippen LogP contribution in [-0.4, -0.2) is 25.0 Å². The Balaban J connectivity index is 2.47. The predicted octanol–water partition coefficient (Wildman–Crippen LogP) is 3.80. The third-order valence-corrected chi connectivity index (χ3v) is 5.31. The fourth-order valence-corrected chi connectivity index (χ4v) is 4.35. The summed E-state index contributed by atoms with van der Waals surface area (Å²) in [6, 6.07) is 9.03. The quantitative estimate of drug-likeness (QED) is 0.773. The highest BCUT2D eigenvalue weighted by atomic mass is 31.2. The predicted molar refractivity (Wildman–Crippen MR) is 81.2 cm³/mol. The fourth-order valence-electron chi connectivity index (χ4n) is 2.24. The zero-order valence-corrected chi connectivity index (χ0v) is 13.0. The first-order valence-electron chi connectivity index (χ1n) is 6.83. The average molecular weight is 281 g/mol. The molecule has 0 fully saturated rings. The van der Waals surface area contributed by atoms with Gasteiger partial charge in [0, 0.05) is 11.7 Å². The van der Waals surface area contributed by atoms with Crippen molar-refractivity contribution in [1.29, 1.82) is 0 Å². The van der Waals surface area contributed by atoms with E-state index >= 15 is 0 Å². The summed E-state index contributed by atoms with van der Waals surface area (Å²) in [5.74, 6) is 0.306. The van der Waals surface area contributed by atoms with E-state index in [0.29, 0.717) is 17.6 Å². The molecular weight excluding hydrogens is 257 g/mol. The molecule has 3 nitrogen and oxygen atoms in total. The molecule has 2 unspecified atom stereocenters. The van der Waals surface area contributed by atoms with Crippen LogP contribution in [0.2, 0.25) is 0 Å². The Bertz CT molecular complexity index is 445. The monoisotopic (exact) mass is 281 g/mol. The van der Waals surface area contributed by atoms with Crippen molar-refractivity contribution in [2.24, 2.45) is 5.92 Å². The van der Waals surface area contributed by atoms with Crippen LogP contribution in [0.3, 0.4) is 0 Å². The van der Waals surface area contributed by atoms with Crippen molar-refractivity contribution in [3.05, 3.63) is 35.9 Å². The molecule has 4 heteroatoms. The molecule has 0 aromatic heterocycles. The molecule has 1 N–H and O–H groups in total. The largest absolute Gasteiger partial charge is 0.345 e. The number of carbonyl (C=O) groups is 1. The number of hydrogen-bond donors (Lipinski definition) is 1. The van der Waals surface area contributed by atoms with Gasteiger partial charge >= 0.3 is 0 Å². The fraction of sp³-hybridized carbons (Fsp3) is 0.533. The molecule has 1 aromatic rings. The van der Waals surface area contributed by atoms with Gasteiger partial charge < -0.3 is 9.88 Å². The molecule has 0 radical (unpaired) electrons. The molecule has 0 aliphatic carbocycles. The van der Waals surface area contributed by atoms with Crippen LogP contribution in [0, 0.1) is 5.92 Å². The number of rotatable bonds is 7. The van der Waals surface area contributed by atoms with Gasteiger partial charge in [-0.2, -0.15) is 0 Å². The molecular formula is C15H24NO2P. The molecule has 0 aliphatic rings. The molecule has 19 heavy (non-hydrogen) atoms. The highest BCUT2D eigenvalue weighted by Gasteiger charge is 2.19. The Morgan fingerprint density at radius 2 is 1.95 bits per heavy atom. The summed E-state index contributed by atoms with van der Waals surface area (Å²) in [7, 11) is -2.28. The SMILES string of the molecule is CCCC(C)CP(C)(=O)CNC(=O)c1ccccc1. The molecule has 1 rings (SSSR count). The third kappa shape index (κ3) is 6.07. The molecule has 106 valence electrons. The Hall–Kier alpha value is -1.08. The smallest absolute Gasteiger partial charge is 0.251 e. The van der Waals surface area contributed by atoms with Crippen LogP contribution in [0.15, 0.2) is 30.3 Å². The summed E-state index contributed by atoms with van der Waals surface area (Å²) in [4.78, 5) is 11.9. The first-order valence-corrected chi connectivity index (χ1v) is 9.36. The van der Waals surface area contributed by atoms with Crippen molar-refractivity contribution in [1.82, 2.24) is 5.32 Å². The molecule has 2 atom stereocenters. The van der Waals surface area contributed by atoms with E-state index in [1.807, 2.05) is 18.2 Å². The first kappa shape index (κ1) is 16.0. The molecule has 1 aromatic carbocycles. The lowest BCUT2D eigenvalue weighted by Crippen LogP contribution is -2.25. The second-order valence-electron chi connectivity index (χ2n) is 5.40. The van der Waals surface area contributed by atoms with Crippen LogP contribution in [0.5, 0.6) is 0 Å². The molecule has 0 heterocycles. The van der Waals surface area contributed by atoms with Gasteiger partial charge in [-0.1, -0.05) is 44.9 Å². The highest BCUT2D eigenvalue weighted by molar-refractivity contribution is 7.63. The number of nitrogens with one attached hydrogen (secondary N) is 1. The summed E-state index contributed by atoms with van der Waals surface area (Å²) < 4.78 is 12.4. The first-order chi connectivity index (χ1) is 8.94. The van der Waals surface area contributed by atoms with E-state index in [1.165, 1.54) is 0 Å². The summed E-state index contributed by atoms with van der Waals surface area (Å²) in [5, 5.41) is 2.78. The van der Waals surface area contributed by atoms with E-state index in [-0.39, 0.29) is 12.2 Å². The van der Waals surface area contributed by atoms with Crippen molar-refractivity contribution < 1.29 is 9.36 Å². The number of amides is 1. The molecule has 0 aliphatic heterocycles. The Morgan fingerprint density at radius 3 is 2.53 bits per heavy atom. The second kappa shape index (κ2) is 7.49. The van der Waals surface area contributed by atoms with Crippen LogP contribution in [0.25, 0.3) is 0 Å². The zero-order chi connectivity index (χ0) is 14.3. The third-order valence-electron chi connectivity index (χ3n) is 3.09. The molecule has 0 spiro atoms. The Morgan fingerprint density at radius 1 is 1.32 bits per heavy atom. The maximum absolute atomic E-state index is 12.4. The van der Waals surface area contributed by atoms with Gasteiger partial charge in [-0.25, -0.2) is 0 Å². The Kier molecular flexibility index (Phi) is 6.30. The van der Waals surface area contributed by atoms with E-state index in [2.05, 4.69) is 19.2 Å². The minimum Gasteiger partial charge on any atom is -0.345 e. The number of carbonyl (C=O) groups excluding carboxylic acids is 1. The highest BCUT2D eigenvalue weighted by Crippen LogP contribution is 2.42. The van der Waals surface area contributed by atoms with E-state index in [9.17, 15) is 9.36 Å². The van der Waals surface area contributed by atoms with Gasteiger partial charge in [-0.15, -0.1) is 0 Å². The number of hydrogen-bond acceptors (Lipinski definition) is 2. The number of benzene rings is 1. The van der Waals surface area contributed by atoms with Gasteiger partial charge in [-0.05, 0) is 24.7 Å². The summed E-state index contributed by atoms with van der Waals surface area (Å²) in [5.41, 5.74) is 0.615. The van der Waals surface area contributed by atoms with Crippen molar-refractivity contribution >= 4 is 13.0 Å². The van der Waals surface area contributed by atoms with Gasteiger partial charge in [0.2, 0.25) is 0 Å². The lowest BCUT2D eigenvalue weighted by atomic mass is 10.1. The van der Waals surface area contributed by atoms with Gasteiger partial charge in [0.1, 0.15) is 7.14 Å². The van der Waals surface area contributed by atoms with Crippen LogP contribution < -0.4 is 5.32 Å². The lowest BCUT2D eigenvalue weighted by Gasteiger charge is -2.18. The van der Waals surface area contributed by atoms with E-state index in [4.69, 9.17) is 0 Å². The van der Waals surface area contributed by atoms with Crippen LogP contribution in [0.4, 0.5) is 0 Å². The Labute approximate surface area is 116 Å². The van der Waals surface area contributed by atoms with Crippen molar-refractivity contribution in [2.75, 3.05) is 19.1 Å². The van der Waals surface area contributed by atoms with Gasteiger partial charge in [-0.3, -0.25) is 4.79 Å². The van der Waals surface area contributed by atoms with Crippen LogP contribution >= 0.6 is 7.14 Å². The average Bonchev–Trinajstić information content (AvgIpc) is 2.37. The van der Waals surface area contributed by atoms with E-state index in [1.54, 1.807) is 18.8 Å².